The Labute approximate surface area is 180 Å². The molecule has 4 heteroatoms. The van der Waals surface area contributed by atoms with Gasteiger partial charge >= 0.3 is 11.9 Å². The zero-order chi connectivity index (χ0) is 21.9. The third-order valence-corrected chi connectivity index (χ3v) is 5.09. The first kappa shape index (κ1) is 23.7. The third kappa shape index (κ3) is 8.02. The van der Waals surface area contributed by atoms with Gasteiger partial charge in [-0.15, -0.1) is 0 Å². The molecule has 0 amide bonds. The highest BCUT2D eigenvalue weighted by atomic mass is 16.5. The SMILES string of the molecule is CC(C)CC(COC(=O)c1ccccc1)C(COC(=O)c1ccccc1)CC(C)C. The molecule has 2 unspecified atom stereocenters. The summed E-state index contributed by atoms with van der Waals surface area (Å²) in [4.78, 5) is 24.8. The molecule has 2 rings (SSSR count). The number of rotatable bonds is 11. The molecule has 0 saturated heterocycles. The number of esters is 2. The highest BCUT2D eigenvalue weighted by molar-refractivity contribution is 5.89. The van der Waals surface area contributed by atoms with E-state index in [4.69, 9.17) is 9.47 Å². The summed E-state index contributed by atoms with van der Waals surface area (Å²) in [5.41, 5.74) is 1.11. The molecule has 0 aromatic heterocycles. The van der Waals surface area contributed by atoms with Crippen LogP contribution in [0.4, 0.5) is 0 Å². The van der Waals surface area contributed by atoms with Gasteiger partial charge in [-0.25, -0.2) is 9.59 Å². The van der Waals surface area contributed by atoms with Gasteiger partial charge < -0.3 is 9.47 Å². The van der Waals surface area contributed by atoms with Gasteiger partial charge in [0.05, 0.1) is 24.3 Å². The number of carbonyl (C=O) groups excluding carboxylic acids is 2. The van der Waals surface area contributed by atoms with Crippen molar-refractivity contribution < 1.29 is 19.1 Å². The van der Waals surface area contributed by atoms with Crippen LogP contribution in [-0.4, -0.2) is 25.2 Å². The van der Waals surface area contributed by atoms with Crippen LogP contribution in [0.15, 0.2) is 60.7 Å². The van der Waals surface area contributed by atoms with E-state index in [1.165, 1.54) is 0 Å². The molecule has 0 aliphatic heterocycles. The van der Waals surface area contributed by atoms with Gasteiger partial charge in [-0.1, -0.05) is 64.1 Å². The molecule has 0 bridgehead atoms. The Balaban J connectivity index is 2.05. The van der Waals surface area contributed by atoms with Crippen LogP contribution < -0.4 is 0 Å². The summed E-state index contributed by atoms with van der Waals surface area (Å²) in [6.45, 7) is 9.30. The largest absolute Gasteiger partial charge is 0.462 e. The molecule has 0 N–H and O–H groups in total. The average molecular weight is 411 g/mol. The van der Waals surface area contributed by atoms with Crippen molar-refractivity contribution in [3.8, 4) is 0 Å². The molecular weight excluding hydrogens is 376 g/mol. The molecule has 2 atom stereocenters. The normalized spacial score (nSPS) is 13.1. The zero-order valence-electron chi connectivity index (χ0n) is 18.5. The second-order valence-electron chi connectivity index (χ2n) is 8.71. The van der Waals surface area contributed by atoms with Crippen LogP contribution >= 0.6 is 0 Å². The number of hydrogen-bond acceptors (Lipinski definition) is 4. The number of carbonyl (C=O) groups is 2. The quantitative estimate of drug-likeness (QED) is 0.425. The van der Waals surface area contributed by atoms with E-state index in [2.05, 4.69) is 27.7 Å². The van der Waals surface area contributed by atoms with E-state index in [1.807, 2.05) is 36.4 Å². The van der Waals surface area contributed by atoms with Gasteiger partial charge in [-0.2, -0.15) is 0 Å². The second-order valence-corrected chi connectivity index (χ2v) is 8.71. The Morgan fingerprint density at radius 2 is 0.967 bits per heavy atom. The molecule has 0 saturated carbocycles. The fraction of sp³-hybridized carbons (Fsp3) is 0.462. The van der Waals surface area contributed by atoms with Crippen molar-refractivity contribution in [3.63, 3.8) is 0 Å². The predicted octanol–water partition coefficient (Wildman–Crippen LogP) is 6.03. The van der Waals surface area contributed by atoms with Crippen LogP contribution in [0.25, 0.3) is 0 Å². The molecule has 2 aromatic rings. The van der Waals surface area contributed by atoms with Crippen molar-refractivity contribution in [3.05, 3.63) is 71.8 Å². The van der Waals surface area contributed by atoms with E-state index in [0.717, 1.165) is 12.8 Å². The van der Waals surface area contributed by atoms with Crippen LogP contribution in [0.1, 0.15) is 61.3 Å². The summed E-state index contributed by atoms with van der Waals surface area (Å²) in [7, 11) is 0. The van der Waals surface area contributed by atoms with E-state index in [-0.39, 0.29) is 23.8 Å². The lowest BCUT2D eigenvalue weighted by molar-refractivity contribution is 0.0156. The van der Waals surface area contributed by atoms with E-state index in [9.17, 15) is 9.59 Å². The van der Waals surface area contributed by atoms with Crippen LogP contribution in [0.5, 0.6) is 0 Å². The number of hydrogen-bond donors (Lipinski definition) is 0. The van der Waals surface area contributed by atoms with Crippen molar-refractivity contribution in [2.45, 2.75) is 40.5 Å². The first-order valence-electron chi connectivity index (χ1n) is 10.8. The first-order valence-corrected chi connectivity index (χ1v) is 10.8. The lowest BCUT2D eigenvalue weighted by Crippen LogP contribution is -2.29. The summed E-state index contributed by atoms with van der Waals surface area (Å²) < 4.78 is 11.3. The molecule has 2 aromatic carbocycles. The van der Waals surface area contributed by atoms with Crippen LogP contribution in [0, 0.1) is 23.7 Å². The zero-order valence-corrected chi connectivity index (χ0v) is 18.5. The minimum Gasteiger partial charge on any atom is -0.462 e. The minimum absolute atomic E-state index is 0.128. The minimum atomic E-state index is -0.311. The molecule has 0 aliphatic carbocycles. The van der Waals surface area contributed by atoms with Crippen LogP contribution in [0.3, 0.4) is 0 Å². The summed E-state index contributed by atoms with van der Waals surface area (Å²) in [6, 6.07) is 18.1. The molecule has 0 radical (unpaired) electrons. The smallest absolute Gasteiger partial charge is 0.338 e. The number of ether oxygens (including phenoxy) is 2. The van der Waals surface area contributed by atoms with Gasteiger partial charge in [0, 0.05) is 0 Å². The molecule has 0 aliphatic rings. The standard InChI is InChI=1S/C26H34O4/c1-19(2)15-23(17-29-25(27)21-11-7-5-8-12-21)24(16-20(3)4)18-30-26(28)22-13-9-6-10-14-22/h5-14,19-20,23-24H,15-18H2,1-4H3. The van der Waals surface area contributed by atoms with Gasteiger partial charge in [0.15, 0.2) is 0 Å². The summed E-state index contributed by atoms with van der Waals surface area (Å²) in [6.07, 6.45) is 1.81. The van der Waals surface area contributed by atoms with Crippen molar-refractivity contribution >= 4 is 11.9 Å². The van der Waals surface area contributed by atoms with Crippen LogP contribution in [0.2, 0.25) is 0 Å². The molecule has 162 valence electrons. The monoisotopic (exact) mass is 410 g/mol. The van der Waals surface area contributed by atoms with Crippen molar-refractivity contribution in [2.75, 3.05) is 13.2 Å². The molecule has 0 heterocycles. The second kappa shape index (κ2) is 12.2. The average Bonchev–Trinajstić information content (AvgIpc) is 2.74. The van der Waals surface area contributed by atoms with Crippen molar-refractivity contribution in [1.29, 1.82) is 0 Å². The molecule has 30 heavy (non-hydrogen) atoms. The highest BCUT2D eigenvalue weighted by Crippen LogP contribution is 2.28. The maximum atomic E-state index is 12.4. The maximum absolute atomic E-state index is 12.4. The molecule has 0 spiro atoms. The first-order chi connectivity index (χ1) is 14.4. The van der Waals surface area contributed by atoms with E-state index in [1.54, 1.807) is 24.3 Å². The van der Waals surface area contributed by atoms with Crippen molar-refractivity contribution in [2.24, 2.45) is 23.7 Å². The van der Waals surface area contributed by atoms with Gasteiger partial charge in [0.25, 0.3) is 0 Å². The summed E-state index contributed by atoms with van der Waals surface area (Å²) >= 11 is 0. The van der Waals surface area contributed by atoms with E-state index in [0.29, 0.717) is 36.2 Å². The fourth-order valence-electron chi connectivity index (χ4n) is 3.68. The van der Waals surface area contributed by atoms with Gasteiger partial charge in [-0.05, 0) is 60.8 Å². The fourth-order valence-corrected chi connectivity index (χ4v) is 3.68. The van der Waals surface area contributed by atoms with Gasteiger partial charge in [0.2, 0.25) is 0 Å². The Kier molecular flexibility index (Phi) is 9.59. The van der Waals surface area contributed by atoms with E-state index >= 15 is 0 Å². The summed E-state index contributed by atoms with van der Waals surface area (Å²) in [5, 5.41) is 0. The third-order valence-electron chi connectivity index (χ3n) is 5.09. The van der Waals surface area contributed by atoms with Crippen LogP contribution in [-0.2, 0) is 9.47 Å². The maximum Gasteiger partial charge on any atom is 0.338 e. The highest BCUT2D eigenvalue weighted by Gasteiger charge is 2.27. The topological polar surface area (TPSA) is 52.6 Å². The summed E-state index contributed by atoms with van der Waals surface area (Å²) in [5.74, 6) is 0.532. The molecule has 4 nitrogen and oxygen atoms in total. The van der Waals surface area contributed by atoms with Crippen molar-refractivity contribution in [1.82, 2.24) is 0 Å². The lowest BCUT2D eigenvalue weighted by atomic mass is 9.81. The predicted molar refractivity (Wildman–Crippen MR) is 119 cm³/mol. The Hall–Kier alpha value is -2.62. The lowest BCUT2D eigenvalue weighted by Gasteiger charge is -2.29. The van der Waals surface area contributed by atoms with Gasteiger partial charge in [0.1, 0.15) is 0 Å². The molecule has 0 fully saturated rings. The Bertz CT molecular complexity index is 701. The van der Waals surface area contributed by atoms with E-state index < -0.39 is 0 Å². The Morgan fingerprint density at radius 3 is 1.27 bits per heavy atom. The van der Waals surface area contributed by atoms with Gasteiger partial charge in [-0.3, -0.25) is 0 Å². The Morgan fingerprint density at radius 1 is 0.633 bits per heavy atom. The number of benzene rings is 2. The molecular formula is C26H34O4.